The molecule has 2 aliphatic heterocycles. The zero-order chi connectivity index (χ0) is 23.8. The van der Waals surface area contributed by atoms with Gasteiger partial charge >= 0.3 is 0 Å². The lowest BCUT2D eigenvalue weighted by Crippen LogP contribution is -2.21. The van der Waals surface area contributed by atoms with Crippen molar-refractivity contribution in [2.75, 3.05) is 13.9 Å². The summed E-state index contributed by atoms with van der Waals surface area (Å²) in [6.07, 6.45) is 0. The van der Waals surface area contributed by atoms with Crippen molar-refractivity contribution in [1.29, 1.82) is 5.26 Å². The third-order valence-electron chi connectivity index (χ3n) is 5.63. The maximum Gasteiger partial charge on any atom is 0.231 e. The Balaban J connectivity index is 1.56. The van der Waals surface area contributed by atoms with Crippen LogP contribution in [0.3, 0.4) is 0 Å². The largest absolute Gasteiger partial charge is 0.493 e. The van der Waals surface area contributed by atoms with Crippen LogP contribution in [0.25, 0.3) is 0 Å². The lowest BCUT2D eigenvalue weighted by Gasteiger charge is -2.27. The molecule has 0 aliphatic carbocycles. The second kappa shape index (κ2) is 9.01. The van der Waals surface area contributed by atoms with Crippen LogP contribution in [0.1, 0.15) is 22.6 Å². The van der Waals surface area contributed by atoms with E-state index in [2.05, 4.69) is 22.0 Å². The molecule has 0 aromatic heterocycles. The van der Waals surface area contributed by atoms with Crippen molar-refractivity contribution in [3.8, 4) is 34.8 Å². The molecule has 1 atom stereocenters. The Morgan fingerprint density at radius 2 is 1.91 bits per heavy atom. The topological polar surface area (TPSA) is 96.0 Å². The van der Waals surface area contributed by atoms with Gasteiger partial charge in [-0.2, -0.15) is 5.26 Å². The number of fused-ring (bicyclic) bond motifs is 2. The minimum absolute atomic E-state index is 0.0352. The third-order valence-corrected chi connectivity index (χ3v) is 6.58. The molecule has 0 radical (unpaired) electrons. The second-order valence-corrected chi connectivity index (χ2v) is 8.84. The third kappa shape index (κ3) is 3.87. The number of rotatable bonds is 5. The van der Waals surface area contributed by atoms with Crippen molar-refractivity contribution >= 4 is 27.5 Å². The van der Waals surface area contributed by atoms with Crippen LogP contribution >= 0.6 is 27.5 Å². The van der Waals surface area contributed by atoms with Gasteiger partial charge in [-0.1, -0.05) is 29.8 Å². The summed E-state index contributed by atoms with van der Waals surface area (Å²) in [6, 6.07) is 16.9. The summed E-state index contributed by atoms with van der Waals surface area (Å²) in [5.74, 6) is 2.17. The molecule has 0 saturated heterocycles. The number of allylic oxidation sites excluding steroid dienone is 1. The van der Waals surface area contributed by atoms with Crippen LogP contribution in [0.5, 0.6) is 28.7 Å². The number of halogens is 2. The molecule has 2 N–H and O–H groups in total. The first-order valence-corrected chi connectivity index (χ1v) is 11.4. The highest BCUT2D eigenvalue weighted by Crippen LogP contribution is 2.50. The van der Waals surface area contributed by atoms with Crippen LogP contribution in [0, 0.1) is 11.3 Å². The molecule has 5 rings (SSSR count). The number of nitrogens with zero attached hydrogens (tertiary/aromatic N) is 1. The Labute approximate surface area is 209 Å². The van der Waals surface area contributed by atoms with Gasteiger partial charge in [0.2, 0.25) is 12.7 Å². The second-order valence-electron chi connectivity index (χ2n) is 7.58. The van der Waals surface area contributed by atoms with Gasteiger partial charge in [0.1, 0.15) is 24.0 Å². The molecule has 3 aromatic carbocycles. The zero-order valence-electron chi connectivity index (χ0n) is 17.9. The minimum Gasteiger partial charge on any atom is -0.493 e. The fraction of sp³-hybridized carbons (Fsp3) is 0.160. The maximum absolute atomic E-state index is 9.89. The molecule has 172 valence electrons. The first kappa shape index (κ1) is 22.3. The molecule has 0 spiro atoms. The average molecular weight is 542 g/mol. The van der Waals surface area contributed by atoms with Crippen LogP contribution in [-0.2, 0) is 6.61 Å². The predicted octanol–water partition coefficient (Wildman–Crippen LogP) is 5.64. The summed E-state index contributed by atoms with van der Waals surface area (Å²) < 4.78 is 29.1. The zero-order valence-corrected chi connectivity index (χ0v) is 20.3. The first-order valence-electron chi connectivity index (χ1n) is 10.2. The lowest BCUT2D eigenvalue weighted by atomic mass is 9.83. The van der Waals surface area contributed by atoms with Crippen molar-refractivity contribution in [3.63, 3.8) is 0 Å². The number of hydrogen-bond acceptors (Lipinski definition) is 7. The van der Waals surface area contributed by atoms with Crippen molar-refractivity contribution in [3.05, 3.63) is 86.2 Å². The number of methoxy groups -OCH3 is 1. The summed E-state index contributed by atoms with van der Waals surface area (Å²) in [7, 11) is 1.55. The van der Waals surface area contributed by atoms with Crippen LogP contribution in [0.4, 0.5) is 0 Å². The summed E-state index contributed by atoms with van der Waals surface area (Å²) in [6.45, 7) is 0.377. The van der Waals surface area contributed by atoms with E-state index >= 15 is 0 Å². The van der Waals surface area contributed by atoms with E-state index in [4.69, 9.17) is 41.0 Å². The summed E-state index contributed by atoms with van der Waals surface area (Å²) in [4.78, 5) is 0. The Kier molecular flexibility index (Phi) is 5.90. The monoisotopic (exact) mass is 540 g/mol. The van der Waals surface area contributed by atoms with E-state index in [1.54, 1.807) is 13.2 Å². The molecule has 2 heterocycles. The van der Waals surface area contributed by atoms with Gasteiger partial charge in [0.15, 0.2) is 23.0 Å². The van der Waals surface area contributed by atoms with E-state index in [1.165, 1.54) is 0 Å². The smallest absolute Gasteiger partial charge is 0.231 e. The van der Waals surface area contributed by atoms with E-state index in [0.29, 0.717) is 38.2 Å². The fourth-order valence-electron chi connectivity index (χ4n) is 4.00. The van der Waals surface area contributed by atoms with Crippen molar-refractivity contribution in [2.45, 2.75) is 12.5 Å². The highest BCUT2D eigenvalue weighted by molar-refractivity contribution is 9.10. The van der Waals surface area contributed by atoms with Crippen LogP contribution in [0.2, 0.25) is 5.02 Å². The number of nitrogens with two attached hydrogens (primary N) is 1. The maximum atomic E-state index is 9.89. The molecule has 0 unspecified atom stereocenters. The number of ether oxygens (including phenoxy) is 5. The van der Waals surface area contributed by atoms with Crippen LogP contribution in [-0.4, -0.2) is 13.9 Å². The molecule has 0 saturated carbocycles. The number of nitriles is 1. The van der Waals surface area contributed by atoms with Gasteiger partial charge in [0.05, 0.1) is 17.5 Å². The molecule has 2 aliphatic rings. The number of hydrogen-bond donors (Lipinski definition) is 1. The van der Waals surface area contributed by atoms with Crippen LogP contribution < -0.4 is 29.4 Å². The van der Waals surface area contributed by atoms with Gasteiger partial charge in [0, 0.05) is 22.2 Å². The average Bonchev–Trinajstić information content (AvgIpc) is 3.29. The van der Waals surface area contributed by atoms with Gasteiger partial charge in [0.25, 0.3) is 0 Å². The minimum atomic E-state index is -0.508. The van der Waals surface area contributed by atoms with E-state index in [9.17, 15) is 5.26 Å². The molecule has 0 fully saturated rings. The van der Waals surface area contributed by atoms with Crippen LogP contribution in [0.15, 0.2) is 64.5 Å². The van der Waals surface area contributed by atoms with E-state index in [1.807, 2.05) is 42.5 Å². The summed E-state index contributed by atoms with van der Waals surface area (Å²) in [5, 5.41) is 10.5. The molecule has 9 heteroatoms. The SMILES string of the molecule is COc1cc([C@H]2C(C#N)=C(N)Oc3cc4c(cc32)OCO4)cc(Br)c1OCc1ccccc1Cl. The fourth-order valence-corrected chi connectivity index (χ4v) is 4.77. The molecule has 3 aromatic rings. The standard InChI is InChI=1S/C25H18BrClN2O5/c1-30-22-7-14(6-17(26)24(22)31-11-13-4-2-3-5-18(13)27)23-15-8-20-21(33-12-32-20)9-19(15)34-25(29)16(23)10-28/h2-9,23H,11-12,29H2,1H3/t23-/m1/s1. The molecule has 0 amide bonds. The van der Waals surface area contributed by atoms with E-state index in [0.717, 1.165) is 16.7 Å². The lowest BCUT2D eigenvalue weighted by molar-refractivity contribution is 0.174. The van der Waals surface area contributed by atoms with Gasteiger partial charge in [-0.15, -0.1) is 0 Å². The van der Waals surface area contributed by atoms with E-state index < -0.39 is 5.92 Å². The molecule has 0 bridgehead atoms. The van der Waals surface area contributed by atoms with Crippen molar-refractivity contribution in [2.24, 2.45) is 5.73 Å². The van der Waals surface area contributed by atoms with E-state index in [-0.39, 0.29) is 24.9 Å². The first-order chi connectivity index (χ1) is 16.5. The molecular formula is C25H18BrClN2O5. The Morgan fingerprint density at radius 3 is 2.65 bits per heavy atom. The Hall–Kier alpha value is -3.54. The summed E-state index contributed by atoms with van der Waals surface area (Å²) >= 11 is 9.86. The highest BCUT2D eigenvalue weighted by Gasteiger charge is 2.34. The molecule has 7 nitrogen and oxygen atoms in total. The quantitative estimate of drug-likeness (QED) is 0.447. The normalized spacial score (nSPS) is 15.9. The van der Waals surface area contributed by atoms with Gasteiger partial charge in [-0.25, -0.2) is 0 Å². The van der Waals surface area contributed by atoms with Gasteiger partial charge in [-0.3, -0.25) is 0 Å². The van der Waals surface area contributed by atoms with Gasteiger partial charge in [-0.05, 0) is 45.8 Å². The van der Waals surface area contributed by atoms with Gasteiger partial charge < -0.3 is 29.4 Å². The predicted molar refractivity (Wildman–Crippen MR) is 128 cm³/mol. The molecule has 34 heavy (non-hydrogen) atoms. The number of benzene rings is 3. The van der Waals surface area contributed by atoms with Crippen molar-refractivity contribution < 1.29 is 23.7 Å². The molecular weight excluding hydrogens is 524 g/mol. The highest BCUT2D eigenvalue weighted by atomic mass is 79.9. The Bertz CT molecular complexity index is 1370. The van der Waals surface area contributed by atoms with Crippen molar-refractivity contribution in [1.82, 2.24) is 0 Å². The Morgan fingerprint density at radius 1 is 1.15 bits per heavy atom. The summed E-state index contributed by atoms with van der Waals surface area (Å²) in [5.41, 5.74) is 8.74.